The summed E-state index contributed by atoms with van der Waals surface area (Å²) in [4.78, 5) is 28.2. The normalized spacial score (nSPS) is 13.8. The molecule has 7 nitrogen and oxygen atoms in total. The lowest BCUT2D eigenvalue weighted by Crippen LogP contribution is -2.48. The van der Waals surface area contributed by atoms with Crippen molar-refractivity contribution in [2.75, 3.05) is 0 Å². The summed E-state index contributed by atoms with van der Waals surface area (Å²) in [5, 5.41) is 9.73. The van der Waals surface area contributed by atoms with E-state index in [2.05, 4.69) is 20.7 Å². The highest BCUT2D eigenvalue weighted by atomic mass is 16.2. The smallest absolute Gasteiger partial charge is 0.242 e. The van der Waals surface area contributed by atoms with Gasteiger partial charge in [0.1, 0.15) is 18.7 Å². The van der Waals surface area contributed by atoms with Gasteiger partial charge < -0.3 is 10.6 Å². The van der Waals surface area contributed by atoms with E-state index in [0.717, 1.165) is 11.3 Å². The first-order valence-corrected chi connectivity index (χ1v) is 8.25. The Bertz CT molecular complexity index is 717. The Morgan fingerprint density at radius 2 is 1.72 bits per heavy atom. The SMILES string of the molecule is C[C@H](NC(=O)C(C)(C)C)C(=O)N[C@@H](C)c1ccc(-n2cncn2)cc1. The number of rotatable bonds is 5. The van der Waals surface area contributed by atoms with Crippen LogP contribution in [0.4, 0.5) is 0 Å². The van der Waals surface area contributed by atoms with Gasteiger partial charge in [-0.15, -0.1) is 0 Å². The van der Waals surface area contributed by atoms with E-state index >= 15 is 0 Å². The Kier molecular flexibility index (Phi) is 5.56. The summed E-state index contributed by atoms with van der Waals surface area (Å²) in [6, 6.07) is 6.92. The Morgan fingerprint density at radius 3 is 2.24 bits per heavy atom. The molecule has 1 aromatic heterocycles. The number of nitrogens with zero attached hydrogens (tertiary/aromatic N) is 3. The van der Waals surface area contributed by atoms with Gasteiger partial charge in [-0.1, -0.05) is 32.9 Å². The first kappa shape index (κ1) is 18.6. The molecule has 7 heteroatoms. The van der Waals surface area contributed by atoms with Crippen LogP contribution >= 0.6 is 0 Å². The molecule has 0 unspecified atom stereocenters. The van der Waals surface area contributed by atoms with Gasteiger partial charge in [0.15, 0.2) is 0 Å². The highest BCUT2D eigenvalue weighted by Crippen LogP contribution is 2.16. The number of hydrogen-bond donors (Lipinski definition) is 2. The zero-order valence-electron chi connectivity index (χ0n) is 15.3. The van der Waals surface area contributed by atoms with Crippen molar-refractivity contribution in [2.24, 2.45) is 5.41 Å². The summed E-state index contributed by atoms with van der Waals surface area (Å²) in [6.45, 7) is 9.02. The Hall–Kier alpha value is -2.70. The molecule has 0 saturated carbocycles. The quantitative estimate of drug-likeness (QED) is 0.869. The van der Waals surface area contributed by atoms with Crippen molar-refractivity contribution in [2.45, 2.75) is 46.7 Å². The van der Waals surface area contributed by atoms with Crippen LogP contribution in [-0.4, -0.2) is 32.6 Å². The van der Waals surface area contributed by atoms with Gasteiger partial charge in [-0.3, -0.25) is 9.59 Å². The molecule has 2 rings (SSSR count). The molecule has 1 aromatic carbocycles. The standard InChI is InChI=1S/C18H25N5O2/c1-12(21-16(24)13(2)22-17(25)18(3,4)5)14-6-8-15(9-7-14)23-11-19-10-20-23/h6-13H,1-5H3,(H,21,24)(H,22,25)/t12-,13-/m0/s1. The highest BCUT2D eigenvalue weighted by molar-refractivity contribution is 5.89. The largest absolute Gasteiger partial charge is 0.348 e. The highest BCUT2D eigenvalue weighted by Gasteiger charge is 2.25. The fourth-order valence-corrected chi connectivity index (χ4v) is 2.16. The van der Waals surface area contributed by atoms with Gasteiger partial charge in [0.25, 0.3) is 0 Å². The maximum Gasteiger partial charge on any atom is 0.242 e. The number of benzene rings is 1. The predicted molar refractivity (Wildman–Crippen MR) is 95.0 cm³/mol. The average molecular weight is 343 g/mol. The van der Waals surface area contributed by atoms with E-state index in [4.69, 9.17) is 0 Å². The van der Waals surface area contributed by atoms with Crippen LogP contribution in [0.15, 0.2) is 36.9 Å². The van der Waals surface area contributed by atoms with Crippen LogP contribution in [0.3, 0.4) is 0 Å². The van der Waals surface area contributed by atoms with Crippen LogP contribution in [0.1, 0.15) is 46.2 Å². The molecule has 0 radical (unpaired) electrons. The van der Waals surface area contributed by atoms with Crippen molar-refractivity contribution in [1.29, 1.82) is 0 Å². The summed E-state index contributed by atoms with van der Waals surface area (Å²) in [5.74, 6) is -0.370. The number of carbonyl (C=O) groups is 2. The molecule has 0 fully saturated rings. The lowest BCUT2D eigenvalue weighted by molar-refractivity contribution is -0.133. The lowest BCUT2D eigenvalue weighted by Gasteiger charge is -2.23. The molecule has 0 aliphatic carbocycles. The van der Waals surface area contributed by atoms with Crippen LogP contribution in [0, 0.1) is 5.41 Å². The van der Waals surface area contributed by atoms with E-state index in [9.17, 15) is 9.59 Å². The van der Waals surface area contributed by atoms with Crippen LogP contribution in [0.5, 0.6) is 0 Å². The molecule has 2 N–H and O–H groups in total. The fourth-order valence-electron chi connectivity index (χ4n) is 2.16. The van der Waals surface area contributed by atoms with Gasteiger partial charge in [-0.05, 0) is 31.5 Å². The third-order valence-electron chi connectivity index (χ3n) is 3.86. The van der Waals surface area contributed by atoms with Crippen molar-refractivity contribution >= 4 is 11.8 Å². The molecular formula is C18H25N5O2. The number of aromatic nitrogens is 3. The molecule has 134 valence electrons. The minimum atomic E-state index is -0.594. The van der Waals surface area contributed by atoms with Gasteiger partial charge in [0.05, 0.1) is 11.7 Å². The van der Waals surface area contributed by atoms with Gasteiger partial charge in [0, 0.05) is 5.41 Å². The molecule has 0 aliphatic rings. The molecule has 0 spiro atoms. The van der Waals surface area contributed by atoms with Crippen LogP contribution in [0.2, 0.25) is 0 Å². The molecule has 25 heavy (non-hydrogen) atoms. The van der Waals surface area contributed by atoms with Crippen molar-refractivity contribution in [3.05, 3.63) is 42.5 Å². The summed E-state index contributed by atoms with van der Waals surface area (Å²) in [6.07, 6.45) is 3.10. The monoisotopic (exact) mass is 343 g/mol. The van der Waals surface area contributed by atoms with E-state index in [1.165, 1.54) is 6.33 Å². The third kappa shape index (κ3) is 4.89. The van der Waals surface area contributed by atoms with E-state index in [1.807, 2.05) is 52.0 Å². The number of nitrogens with one attached hydrogen (secondary N) is 2. The van der Waals surface area contributed by atoms with E-state index < -0.39 is 11.5 Å². The Balaban J connectivity index is 1.95. The minimum Gasteiger partial charge on any atom is -0.348 e. The zero-order valence-corrected chi connectivity index (χ0v) is 15.3. The van der Waals surface area contributed by atoms with Crippen LogP contribution < -0.4 is 10.6 Å². The summed E-state index contributed by atoms with van der Waals surface area (Å²) >= 11 is 0. The van der Waals surface area contributed by atoms with Gasteiger partial charge in [0.2, 0.25) is 11.8 Å². The molecule has 0 saturated heterocycles. The average Bonchev–Trinajstić information content (AvgIpc) is 3.08. The number of amides is 2. The maximum absolute atomic E-state index is 12.3. The van der Waals surface area contributed by atoms with Gasteiger partial charge >= 0.3 is 0 Å². The Morgan fingerprint density at radius 1 is 1.08 bits per heavy atom. The second-order valence-corrected chi connectivity index (χ2v) is 7.11. The topological polar surface area (TPSA) is 88.9 Å². The predicted octanol–water partition coefficient (Wildman–Crippen LogP) is 2.00. The van der Waals surface area contributed by atoms with E-state index in [1.54, 1.807) is 17.9 Å². The minimum absolute atomic E-state index is 0.153. The fraction of sp³-hybridized carbons (Fsp3) is 0.444. The zero-order chi connectivity index (χ0) is 18.6. The van der Waals surface area contributed by atoms with E-state index in [-0.39, 0.29) is 17.9 Å². The first-order valence-electron chi connectivity index (χ1n) is 8.25. The molecule has 2 aromatic rings. The summed E-state index contributed by atoms with van der Waals surface area (Å²) in [7, 11) is 0. The number of hydrogen-bond acceptors (Lipinski definition) is 4. The maximum atomic E-state index is 12.3. The Labute approximate surface area is 147 Å². The second-order valence-electron chi connectivity index (χ2n) is 7.11. The molecule has 2 atom stereocenters. The van der Waals surface area contributed by atoms with Crippen molar-refractivity contribution < 1.29 is 9.59 Å². The van der Waals surface area contributed by atoms with Crippen LogP contribution in [0.25, 0.3) is 5.69 Å². The van der Waals surface area contributed by atoms with Crippen molar-refractivity contribution in [1.82, 2.24) is 25.4 Å². The molecule has 0 aliphatic heterocycles. The van der Waals surface area contributed by atoms with Crippen molar-refractivity contribution in [3.8, 4) is 5.69 Å². The van der Waals surface area contributed by atoms with Gasteiger partial charge in [-0.25, -0.2) is 9.67 Å². The van der Waals surface area contributed by atoms with Crippen molar-refractivity contribution in [3.63, 3.8) is 0 Å². The van der Waals surface area contributed by atoms with Gasteiger partial charge in [-0.2, -0.15) is 5.10 Å². The molecule has 2 amide bonds. The first-order chi connectivity index (χ1) is 11.7. The second kappa shape index (κ2) is 7.46. The van der Waals surface area contributed by atoms with E-state index in [0.29, 0.717) is 0 Å². The number of carbonyl (C=O) groups excluding carboxylic acids is 2. The molecular weight excluding hydrogens is 318 g/mol. The summed E-state index contributed by atoms with van der Waals surface area (Å²) < 4.78 is 1.66. The van der Waals surface area contributed by atoms with Crippen LogP contribution in [-0.2, 0) is 9.59 Å². The molecule has 0 bridgehead atoms. The lowest BCUT2D eigenvalue weighted by atomic mass is 9.95. The third-order valence-corrected chi connectivity index (χ3v) is 3.86. The summed E-state index contributed by atoms with van der Waals surface area (Å²) in [5.41, 5.74) is 1.33. The molecule has 1 heterocycles.